The summed E-state index contributed by atoms with van der Waals surface area (Å²) >= 11 is 0. The average Bonchev–Trinajstić information content (AvgIpc) is 2.60. The Morgan fingerprint density at radius 3 is 2.79 bits per heavy atom. The van der Waals surface area contributed by atoms with Crippen molar-refractivity contribution in [3.05, 3.63) is 18.0 Å². The summed E-state index contributed by atoms with van der Waals surface area (Å²) in [4.78, 5) is 0. The standard InChI is InChI=1S/C10H19N3O/c1-4-9(7-14)12-8(2)10-5-6-11-13(10)3/h5-6,8-9,12,14H,4,7H2,1-3H3/t8?,9-/m1/s1. The topological polar surface area (TPSA) is 50.1 Å². The smallest absolute Gasteiger partial charge is 0.0584 e. The second-order valence-corrected chi connectivity index (χ2v) is 3.56. The van der Waals surface area contributed by atoms with Crippen molar-refractivity contribution < 1.29 is 5.11 Å². The zero-order chi connectivity index (χ0) is 10.6. The van der Waals surface area contributed by atoms with Gasteiger partial charge in [0.15, 0.2) is 0 Å². The third-order valence-corrected chi connectivity index (χ3v) is 2.50. The van der Waals surface area contributed by atoms with E-state index in [4.69, 9.17) is 5.11 Å². The van der Waals surface area contributed by atoms with Gasteiger partial charge in [0.2, 0.25) is 0 Å². The van der Waals surface area contributed by atoms with E-state index in [2.05, 4.69) is 24.3 Å². The molecule has 0 aliphatic heterocycles. The van der Waals surface area contributed by atoms with Gasteiger partial charge in [0.05, 0.1) is 12.3 Å². The summed E-state index contributed by atoms with van der Waals surface area (Å²) in [6, 6.07) is 2.38. The summed E-state index contributed by atoms with van der Waals surface area (Å²) in [6.45, 7) is 4.32. The van der Waals surface area contributed by atoms with E-state index >= 15 is 0 Å². The first-order valence-electron chi connectivity index (χ1n) is 5.03. The molecule has 1 rings (SSSR count). The van der Waals surface area contributed by atoms with Crippen LogP contribution in [-0.4, -0.2) is 27.5 Å². The minimum Gasteiger partial charge on any atom is -0.395 e. The van der Waals surface area contributed by atoms with E-state index in [0.717, 1.165) is 12.1 Å². The molecule has 1 aromatic heterocycles. The van der Waals surface area contributed by atoms with Crippen molar-refractivity contribution in [2.75, 3.05) is 6.61 Å². The molecule has 2 N–H and O–H groups in total. The van der Waals surface area contributed by atoms with E-state index in [9.17, 15) is 0 Å². The summed E-state index contributed by atoms with van der Waals surface area (Å²) in [5.41, 5.74) is 1.14. The maximum absolute atomic E-state index is 9.06. The maximum Gasteiger partial charge on any atom is 0.0584 e. The number of rotatable bonds is 5. The Balaban J connectivity index is 2.58. The van der Waals surface area contributed by atoms with Gasteiger partial charge in [-0.2, -0.15) is 5.10 Å². The number of hydrogen-bond donors (Lipinski definition) is 2. The van der Waals surface area contributed by atoms with Crippen molar-refractivity contribution >= 4 is 0 Å². The van der Waals surface area contributed by atoms with E-state index in [-0.39, 0.29) is 18.7 Å². The lowest BCUT2D eigenvalue weighted by Gasteiger charge is -2.20. The third-order valence-electron chi connectivity index (χ3n) is 2.50. The van der Waals surface area contributed by atoms with E-state index in [1.54, 1.807) is 6.20 Å². The van der Waals surface area contributed by atoms with Crippen molar-refractivity contribution in [3.63, 3.8) is 0 Å². The lowest BCUT2D eigenvalue weighted by atomic mass is 10.1. The van der Waals surface area contributed by atoms with Crippen LogP contribution in [0.3, 0.4) is 0 Å². The second-order valence-electron chi connectivity index (χ2n) is 3.56. The normalized spacial score (nSPS) is 15.4. The summed E-state index contributed by atoms with van der Waals surface area (Å²) in [5, 5.41) is 16.5. The second kappa shape index (κ2) is 5.12. The first kappa shape index (κ1) is 11.2. The Kier molecular flexibility index (Phi) is 4.10. The van der Waals surface area contributed by atoms with Crippen molar-refractivity contribution in [1.29, 1.82) is 0 Å². The monoisotopic (exact) mass is 197 g/mol. The van der Waals surface area contributed by atoms with Crippen molar-refractivity contribution in [3.8, 4) is 0 Å². The van der Waals surface area contributed by atoms with Crippen LogP contribution in [-0.2, 0) is 7.05 Å². The van der Waals surface area contributed by atoms with Gasteiger partial charge in [-0.1, -0.05) is 6.92 Å². The Bertz CT molecular complexity index is 268. The molecule has 0 saturated heterocycles. The molecule has 0 radical (unpaired) electrons. The van der Waals surface area contributed by atoms with Gasteiger partial charge in [0.1, 0.15) is 0 Å². The number of nitrogens with one attached hydrogen (secondary N) is 1. The fourth-order valence-electron chi connectivity index (χ4n) is 1.55. The van der Waals surface area contributed by atoms with Crippen LogP contribution >= 0.6 is 0 Å². The number of hydrogen-bond acceptors (Lipinski definition) is 3. The molecule has 0 spiro atoms. The quantitative estimate of drug-likeness (QED) is 0.735. The molecule has 4 heteroatoms. The minimum atomic E-state index is 0.167. The number of aryl methyl sites for hydroxylation is 1. The SMILES string of the molecule is CC[C@H](CO)NC(C)c1ccnn1C. The summed E-state index contributed by atoms with van der Waals surface area (Å²) in [7, 11) is 1.92. The van der Waals surface area contributed by atoms with Crippen LogP contribution in [0, 0.1) is 0 Å². The lowest BCUT2D eigenvalue weighted by molar-refractivity contribution is 0.228. The van der Waals surface area contributed by atoms with Crippen molar-refractivity contribution in [1.82, 2.24) is 15.1 Å². The molecule has 1 unspecified atom stereocenters. The van der Waals surface area contributed by atoms with Gasteiger partial charge < -0.3 is 10.4 Å². The molecule has 1 aromatic rings. The van der Waals surface area contributed by atoms with Crippen LogP contribution in [0.2, 0.25) is 0 Å². The number of aliphatic hydroxyl groups excluding tert-OH is 1. The molecule has 14 heavy (non-hydrogen) atoms. The van der Waals surface area contributed by atoms with E-state index in [0.29, 0.717) is 0 Å². The molecule has 0 aliphatic carbocycles. The van der Waals surface area contributed by atoms with Crippen LogP contribution in [0.4, 0.5) is 0 Å². The van der Waals surface area contributed by atoms with E-state index in [1.165, 1.54) is 0 Å². The summed E-state index contributed by atoms with van der Waals surface area (Å²) in [6.07, 6.45) is 2.71. The number of aliphatic hydroxyl groups is 1. The van der Waals surface area contributed by atoms with Gasteiger partial charge in [0.25, 0.3) is 0 Å². The molecule has 1 heterocycles. The Hall–Kier alpha value is -0.870. The van der Waals surface area contributed by atoms with E-state index in [1.807, 2.05) is 17.8 Å². The highest BCUT2D eigenvalue weighted by molar-refractivity contribution is 5.05. The fourth-order valence-corrected chi connectivity index (χ4v) is 1.55. The van der Waals surface area contributed by atoms with Crippen LogP contribution in [0.5, 0.6) is 0 Å². The molecule has 0 fully saturated rings. The fraction of sp³-hybridized carbons (Fsp3) is 0.700. The third kappa shape index (κ3) is 2.56. The lowest BCUT2D eigenvalue weighted by Crippen LogP contribution is -2.34. The zero-order valence-corrected chi connectivity index (χ0v) is 9.07. The molecule has 0 aliphatic rings. The molecule has 0 saturated carbocycles. The van der Waals surface area contributed by atoms with Crippen LogP contribution in [0.15, 0.2) is 12.3 Å². The molecular weight excluding hydrogens is 178 g/mol. The van der Waals surface area contributed by atoms with Gasteiger partial charge >= 0.3 is 0 Å². The average molecular weight is 197 g/mol. The Morgan fingerprint density at radius 2 is 2.36 bits per heavy atom. The summed E-state index contributed by atoms with van der Waals surface area (Å²) in [5.74, 6) is 0. The van der Waals surface area contributed by atoms with Crippen molar-refractivity contribution in [2.45, 2.75) is 32.4 Å². The van der Waals surface area contributed by atoms with Gasteiger partial charge in [-0.3, -0.25) is 4.68 Å². The maximum atomic E-state index is 9.06. The van der Waals surface area contributed by atoms with Gasteiger partial charge in [-0.05, 0) is 19.4 Å². The highest BCUT2D eigenvalue weighted by atomic mass is 16.3. The Morgan fingerprint density at radius 1 is 1.64 bits per heavy atom. The zero-order valence-electron chi connectivity index (χ0n) is 9.07. The predicted octanol–water partition coefficient (Wildman–Crippen LogP) is 0.842. The molecule has 80 valence electrons. The van der Waals surface area contributed by atoms with Gasteiger partial charge in [-0.15, -0.1) is 0 Å². The molecule has 0 bridgehead atoms. The predicted molar refractivity (Wildman–Crippen MR) is 55.9 cm³/mol. The van der Waals surface area contributed by atoms with Crippen LogP contribution in [0.25, 0.3) is 0 Å². The number of aromatic nitrogens is 2. The van der Waals surface area contributed by atoms with Gasteiger partial charge in [0, 0.05) is 25.3 Å². The Labute approximate surface area is 84.9 Å². The number of nitrogens with zero attached hydrogens (tertiary/aromatic N) is 2. The minimum absolute atomic E-state index is 0.167. The molecular formula is C10H19N3O. The first-order chi connectivity index (χ1) is 6.69. The first-order valence-corrected chi connectivity index (χ1v) is 5.03. The molecule has 0 amide bonds. The molecule has 0 aromatic carbocycles. The van der Waals surface area contributed by atoms with Crippen molar-refractivity contribution in [2.24, 2.45) is 7.05 Å². The molecule has 4 nitrogen and oxygen atoms in total. The largest absolute Gasteiger partial charge is 0.395 e. The van der Waals surface area contributed by atoms with E-state index < -0.39 is 0 Å². The van der Waals surface area contributed by atoms with Crippen LogP contribution in [0.1, 0.15) is 32.0 Å². The highest BCUT2D eigenvalue weighted by Crippen LogP contribution is 2.11. The van der Waals surface area contributed by atoms with Crippen LogP contribution < -0.4 is 5.32 Å². The summed E-state index contributed by atoms with van der Waals surface area (Å²) < 4.78 is 1.85. The molecule has 2 atom stereocenters. The highest BCUT2D eigenvalue weighted by Gasteiger charge is 2.12. The van der Waals surface area contributed by atoms with Gasteiger partial charge in [-0.25, -0.2) is 0 Å².